The molecule has 26 heavy (non-hydrogen) atoms. The SMILES string of the molecule is OC1[C@H]2OC(C3CCCCC3)O[C@H]2C(O)[C@@H]2OC(C3CCCCC3)O[C@@H]12. The summed E-state index contributed by atoms with van der Waals surface area (Å²) < 4.78 is 24.4. The van der Waals surface area contributed by atoms with Crippen molar-refractivity contribution in [3.8, 4) is 0 Å². The summed E-state index contributed by atoms with van der Waals surface area (Å²) in [5.74, 6) is 0.732. The molecule has 3 aliphatic carbocycles. The van der Waals surface area contributed by atoms with Crippen LogP contribution in [-0.2, 0) is 18.9 Å². The summed E-state index contributed by atoms with van der Waals surface area (Å²) >= 11 is 0. The van der Waals surface area contributed by atoms with Crippen LogP contribution >= 0.6 is 0 Å². The van der Waals surface area contributed by atoms with Gasteiger partial charge >= 0.3 is 0 Å². The van der Waals surface area contributed by atoms with E-state index in [0.29, 0.717) is 11.8 Å². The van der Waals surface area contributed by atoms with Crippen LogP contribution in [0, 0.1) is 11.8 Å². The second kappa shape index (κ2) is 7.30. The normalized spacial score (nSPS) is 50.5. The van der Waals surface area contributed by atoms with Crippen molar-refractivity contribution in [2.75, 3.05) is 0 Å². The number of hydrogen-bond donors (Lipinski definition) is 2. The third-order valence-corrected chi connectivity index (χ3v) is 7.23. The second-order valence-corrected chi connectivity index (χ2v) is 8.92. The lowest BCUT2D eigenvalue weighted by Gasteiger charge is -2.38. The maximum Gasteiger partial charge on any atom is 0.161 e. The molecule has 0 aromatic carbocycles. The second-order valence-electron chi connectivity index (χ2n) is 8.92. The van der Waals surface area contributed by atoms with E-state index in [2.05, 4.69) is 0 Å². The summed E-state index contributed by atoms with van der Waals surface area (Å²) in [4.78, 5) is 0. The van der Waals surface area contributed by atoms with E-state index in [4.69, 9.17) is 18.9 Å². The van der Waals surface area contributed by atoms with E-state index in [9.17, 15) is 10.2 Å². The molecule has 5 fully saturated rings. The van der Waals surface area contributed by atoms with Crippen molar-refractivity contribution in [2.24, 2.45) is 11.8 Å². The van der Waals surface area contributed by atoms with Gasteiger partial charge in [0, 0.05) is 11.8 Å². The highest BCUT2D eigenvalue weighted by atomic mass is 16.8. The summed E-state index contributed by atoms with van der Waals surface area (Å²) in [5.41, 5.74) is 0. The average molecular weight is 368 g/mol. The third kappa shape index (κ3) is 3.03. The van der Waals surface area contributed by atoms with Crippen LogP contribution < -0.4 is 0 Å². The predicted octanol–water partition coefficient (Wildman–Crippen LogP) is 2.10. The monoisotopic (exact) mass is 368 g/mol. The van der Waals surface area contributed by atoms with Crippen molar-refractivity contribution in [3.05, 3.63) is 0 Å². The zero-order valence-corrected chi connectivity index (χ0v) is 15.4. The maximum atomic E-state index is 10.9. The van der Waals surface area contributed by atoms with Crippen LogP contribution in [0.4, 0.5) is 0 Å². The Balaban J connectivity index is 1.27. The van der Waals surface area contributed by atoms with Gasteiger partial charge < -0.3 is 29.2 Å². The molecule has 5 aliphatic rings. The Bertz CT molecular complexity index is 421. The first kappa shape index (κ1) is 17.8. The molecule has 5 rings (SSSR count). The van der Waals surface area contributed by atoms with E-state index in [-0.39, 0.29) is 12.6 Å². The summed E-state index contributed by atoms with van der Waals surface area (Å²) in [6, 6.07) is 0. The van der Waals surface area contributed by atoms with Gasteiger partial charge in [0.05, 0.1) is 0 Å². The third-order valence-electron chi connectivity index (χ3n) is 7.23. The quantitative estimate of drug-likeness (QED) is 0.777. The van der Waals surface area contributed by atoms with Crippen LogP contribution in [0.5, 0.6) is 0 Å². The van der Waals surface area contributed by atoms with Gasteiger partial charge in [0.15, 0.2) is 12.6 Å². The highest BCUT2D eigenvalue weighted by Gasteiger charge is 2.61. The highest BCUT2D eigenvalue weighted by Crippen LogP contribution is 2.44. The Morgan fingerprint density at radius 1 is 0.462 bits per heavy atom. The fourth-order valence-electron chi connectivity index (χ4n) is 5.72. The van der Waals surface area contributed by atoms with Gasteiger partial charge in [-0.25, -0.2) is 0 Å². The molecular weight excluding hydrogens is 336 g/mol. The Morgan fingerprint density at radius 3 is 1.08 bits per heavy atom. The molecule has 2 aliphatic heterocycles. The number of aliphatic hydroxyl groups excluding tert-OH is 2. The lowest BCUT2D eigenvalue weighted by atomic mass is 9.85. The zero-order valence-electron chi connectivity index (χ0n) is 15.4. The molecule has 6 heteroatoms. The summed E-state index contributed by atoms with van der Waals surface area (Å²) in [6.07, 6.45) is 7.41. The van der Waals surface area contributed by atoms with Gasteiger partial charge in [-0.05, 0) is 25.7 Å². The Labute approximate surface area is 155 Å². The summed E-state index contributed by atoms with van der Waals surface area (Å²) in [5, 5.41) is 21.8. The molecule has 0 radical (unpaired) electrons. The first-order valence-electron chi connectivity index (χ1n) is 10.7. The number of fused-ring (bicyclic) bond motifs is 2. The smallest absolute Gasteiger partial charge is 0.161 e. The minimum atomic E-state index is -0.810. The lowest BCUT2D eigenvalue weighted by Crippen LogP contribution is -2.61. The van der Waals surface area contributed by atoms with Crippen molar-refractivity contribution < 1.29 is 29.2 Å². The molecule has 3 saturated carbocycles. The largest absolute Gasteiger partial charge is 0.387 e. The van der Waals surface area contributed by atoms with Crippen molar-refractivity contribution in [2.45, 2.75) is 113 Å². The van der Waals surface area contributed by atoms with E-state index < -0.39 is 36.6 Å². The molecule has 4 unspecified atom stereocenters. The summed E-state index contributed by atoms with van der Waals surface area (Å²) in [7, 11) is 0. The van der Waals surface area contributed by atoms with Crippen molar-refractivity contribution >= 4 is 0 Å². The summed E-state index contributed by atoms with van der Waals surface area (Å²) in [6.45, 7) is 0. The van der Waals surface area contributed by atoms with Gasteiger partial charge in [0.2, 0.25) is 0 Å². The molecule has 6 nitrogen and oxygen atoms in total. The van der Waals surface area contributed by atoms with E-state index in [0.717, 1.165) is 25.7 Å². The van der Waals surface area contributed by atoms with Crippen LogP contribution in [0.3, 0.4) is 0 Å². The Hall–Kier alpha value is -0.240. The highest BCUT2D eigenvalue weighted by molar-refractivity contribution is 5.06. The van der Waals surface area contributed by atoms with Crippen molar-refractivity contribution in [3.63, 3.8) is 0 Å². The first-order chi connectivity index (χ1) is 12.7. The maximum absolute atomic E-state index is 10.9. The topological polar surface area (TPSA) is 77.4 Å². The van der Waals surface area contributed by atoms with Crippen LogP contribution in [0.15, 0.2) is 0 Å². The van der Waals surface area contributed by atoms with Crippen LogP contribution in [0.2, 0.25) is 0 Å². The standard InChI is InChI=1S/C20H32O6/c21-13-15-16(24-19(23-15)11-7-3-1-4-8-11)14(22)18-17(13)25-20(26-18)12-9-5-2-6-10-12/h11-22H,1-10H2/t13?,14?,15-,16-,17-,18+,19?,20?/m0/s1. The van der Waals surface area contributed by atoms with Crippen LogP contribution in [0.25, 0.3) is 0 Å². The minimum Gasteiger partial charge on any atom is -0.387 e. The van der Waals surface area contributed by atoms with Gasteiger partial charge in [-0.15, -0.1) is 0 Å². The van der Waals surface area contributed by atoms with E-state index in [1.165, 1.54) is 38.5 Å². The molecule has 0 bridgehead atoms. The van der Waals surface area contributed by atoms with Gasteiger partial charge in [0.25, 0.3) is 0 Å². The predicted molar refractivity (Wildman–Crippen MR) is 92.2 cm³/mol. The first-order valence-corrected chi connectivity index (χ1v) is 10.7. The van der Waals surface area contributed by atoms with Gasteiger partial charge in [-0.2, -0.15) is 0 Å². The van der Waals surface area contributed by atoms with E-state index in [1.807, 2.05) is 0 Å². The van der Waals surface area contributed by atoms with E-state index in [1.54, 1.807) is 0 Å². The Kier molecular flexibility index (Phi) is 5.01. The molecule has 2 N–H and O–H groups in total. The number of rotatable bonds is 2. The molecule has 8 atom stereocenters. The van der Waals surface area contributed by atoms with Gasteiger partial charge in [-0.3, -0.25) is 0 Å². The number of ether oxygens (including phenoxy) is 4. The molecular formula is C20H32O6. The molecule has 2 heterocycles. The fraction of sp³-hybridized carbons (Fsp3) is 1.00. The van der Waals surface area contributed by atoms with Crippen molar-refractivity contribution in [1.29, 1.82) is 0 Å². The van der Waals surface area contributed by atoms with Gasteiger partial charge in [0.1, 0.15) is 36.6 Å². The van der Waals surface area contributed by atoms with Gasteiger partial charge in [-0.1, -0.05) is 38.5 Å². The fourth-order valence-corrected chi connectivity index (χ4v) is 5.72. The molecule has 0 aromatic rings. The average Bonchev–Trinajstić information content (AvgIpc) is 3.33. The Morgan fingerprint density at radius 2 is 0.769 bits per heavy atom. The molecule has 148 valence electrons. The molecule has 0 spiro atoms. The van der Waals surface area contributed by atoms with Crippen molar-refractivity contribution in [1.82, 2.24) is 0 Å². The zero-order chi connectivity index (χ0) is 17.7. The van der Waals surface area contributed by atoms with E-state index >= 15 is 0 Å². The molecule has 0 amide bonds. The van der Waals surface area contributed by atoms with Crippen LogP contribution in [0.1, 0.15) is 64.2 Å². The number of aliphatic hydroxyl groups is 2. The van der Waals surface area contributed by atoms with Crippen LogP contribution in [-0.4, -0.2) is 59.4 Å². The molecule has 2 saturated heterocycles. The minimum absolute atomic E-state index is 0.317. The lowest BCUT2D eigenvalue weighted by molar-refractivity contribution is -0.152. The molecule has 0 aromatic heterocycles. The number of hydrogen-bond acceptors (Lipinski definition) is 6.